The number of hydrogen-bond acceptors (Lipinski definition) is 5. The first kappa shape index (κ1) is 8.37. The minimum absolute atomic E-state index is 0.171. The van der Waals surface area contributed by atoms with E-state index in [1.54, 1.807) is 0 Å². The van der Waals surface area contributed by atoms with Crippen molar-refractivity contribution in [3.63, 3.8) is 0 Å². The fourth-order valence-electron chi connectivity index (χ4n) is 1.17. The van der Waals surface area contributed by atoms with E-state index in [1.165, 1.54) is 11.5 Å². The molecular weight excluding hydrogens is 198 g/mol. The van der Waals surface area contributed by atoms with Crippen LogP contribution in [0.25, 0.3) is 0 Å². The van der Waals surface area contributed by atoms with Crippen LogP contribution in [0.1, 0.15) is 5.69 Å². The highest BCUT2D eigenvalue weighted by Crippen LogP contribution is 2.20. The van der Waals surface area contributed by atoms with Gasteiger partial charge in [-0.05, 0) is 0 Å². The SMILES string of the molecule is OC1CN(Cc2nnsc2Cl)C1. The largest absolute Gasteiger partial charge is 0.390 e. The van der Waals surface area contributed by atoms with Crippen LogP contribution in [0.4, 0.5) is 0 Å². The second-order valence-corrected chi connectivity index (χ2v) is 4.20. The fraction of sp³-hybridized carbons (Fsp3) is 0.667. The van der Waals surface area contributed by atoms with E-state index in [1.807, 2.05) is 0 Å². The monoisotopic (exact) mass is 205 g/mol. The minimum Gasteiger partial charge on any atom is -0.390 e. The summed E-state index contributed by atoms with van der Waals surface area (Å²) in [5.41, 5.74) is 0.813. The molecule has 1 aliphatic rings. The molecule has 1 aromatic rings. The van der Waals surface area contributed by atoms with Gasteiger partial charge in [-0.25, -0.2) is 0 Å². The van der Waals surface area contributed by atoms with E-state index in [0.29, 0.717) is 24.0 Å². The Balaban J connectivity index is 1.92. The molecule has 0 saturated carbocycles. The highest BCUT2D eigenvalue weighted by Gasteiger charge is 2.25. The van der Waals surface area contributed by atoms with E-state index in [2.05, 4.69) is 14.5 Å². The molecule has 1 aromatic heterocycles. The van der Waals surface area contributed by atoms with Gasteiger partial charge in [0.05, 0.1) is 6.10 Å². The molecule has 0 aromatic carbocycles. The quantitative estimate of drug-likeness (QED) is 0.758. The zero-order valence-corrected chi connectivity index (χ0v) is 7.85. The van der Waals surface area contributed by atoms with Crippen molar-refractivity contribution in [3.05, 3.63) is 10.0 Å². The molecule has 6 heteroatoms. The number of aliphatic hydroxyl groups is 1. The molecule has 1 fully saturated rings. The zero-order chi connectivity index (χ0) is 8.55. The first-order valence-corrected chi connectivity index (χ1v) is 4.78. The molecule has 2 rings (SSSR count). The first-order valence-electron chi connectivity index (χ1n) is 3.63. The highest BCUT2D eigenvalue weighted by molar-refractivity contribution is 7.10. The number of aliphatic hydroxyl groups excluding tert-OH is 1. The number of halogens is 1. The Kier molecular flexibility index (Phi) is 2.27. The maximum Gasteiger partial charge on any atom is 0.138 e. The third kappa shape index (κ3) is 1.59. The second kappa shape index (κ2) is 3.26. The molecule has 0 radical (unpaired) electrons. The second-order valence-electron chi connectivity index (χ2n) is 2.84. The Labute approximate surface area is 78.9 Å². The number of aromatic nitrogens is 2. The number of nitrogens with zero attached hydrogens (tertiary/aromatic N) is 3. The van der Waals surface area contributed by atoms with Gasteiger partial charge in [0.25, 0.3) is 0 Å². The van der Waals surface area contributed by atoms with Gasteiger partial charge in [-0.3, -0.25) is 4.90 Å². The van der Waals surface area contributed by atoms with E-state index < -0.39 is 0 Å². The third-order valence-electron chi connectivity index (χ3n) is 1.82. The van der Waals surface area contributed by atoms with Crippen molar-refractivity contribution >= 4 is 23.1 Å². The summed E-state index contributed by atoms with van der Waals surface area (Å²) < 4.78 is 4.37. The van der Waals surface area contributed by atoms with Crippen molar-refractivity contribution in [2.75, 3.05) is 13.1 Å². The van der Waals surface area contributed by atoms with Crippen LogP contribution >= 0.6 is 23.1 Å². The van der Waals surface area contributed by atoms with Crippen LogP contribution in [0, 0.1) is 0 Å². The smallest absolute Gasteiger partial charge is 0.138 e. The van der Waals surface area contributed by atoms with E-state index in [0.717, 1.165) is 5.69 Å². The van der Waals surface area contributed by atoms with Crippen LogP contribution in [-0.2, 0) is 6.54 Å². The summed E-state index contributed by atoms with van der Waals surface area (Å²) in [5.74, 6) is 0. The van der Waals surface area contributed by atoms with E-state index in [9.17, 15) is 0 Å². The summed E-state index contributed by atoms with van der Waals surface area (Å²) in [6.07, 6.45) is -0.171. The van der Waals surface area contributed by atoms with E-state index in [4.69, 9.17) is 16.7 Å². The summed E-state index contributed by atoms with van der Waals surface area (Å²) in [7, 11) is 0. The van der Waals surface area contributed by atoms with E-state index in [-0.39, 0.29) is 6.10 Å². The molecule has 1 N–H and O–H groups in total. The molecule has 0 aliphatic carbocycles. The van der Waals surface area contributed by atoms with Crippen LogP contribution in [0.2, 0.25) is 4.34 Å². The predicted octanol–water partition coefficient (Wildman–Crippen LogP) is 0.368. The molecule has 2 heterocycles. The Morgan fingerprint density at radius 2 is 2.42 bits per heavy atom. The summed E-state index contributed by atoms with van der Waals surface area (Å²) in [4.78, 5) is 2.08. The van der Waals surface area contributed by atoms with Gasteiger partial charge >= 0.3 is 0 Å². The van der Waals surface area contributed by atoms with Crippen molar-refractivity contribution < 1.29 is 5.11 Å². The highest BCUT2D eigenvalue weighted by atomic mass is 35.5. The molecule has 4 nitrogen and oxygen atoms in total. The number of hydrogen-bond donors (Lipinski definition) is 1. The Bertz CT molecular complexity index is 274. The van der Waals surface area contributed by atoms with Crippen LogP contribution in [0.5, 0.6) is 0 Å². The average Bonchev–Trinajstić information content (AvgIpc) is 2.33. The van der Waals surface area contributed by atoms with Gasteiger partial charge in [0.1, 0.15) is 10.0 Å². The predicted molar refractivity (Wildman–Crippen MR) is 46.2 cm³/mol. The van der Waals surface area contributed by atoms with Gasteiger partial charge < -0.3 is 5.11 Å². The maximum absolute atomic E-state index is 9.01. The average molecular weight is 206 g/mol. The Morgan fingerprint density at radius 3 is 2.92 bits per heavy atom. The summed E-state index contributed by atoms with van der Waals surface area (Å²) in [6.45, 7) is 2.13. The molecular formula is C6H8ClN3OS. The van der Waals surface area contributed by atoms with Crippen molar-refractivity contribution in [2.24, 2.45) is 0 Å². The Hall–Kier alpha value is -0.230. The molecule has 66 valence electrons. The molecule has 0 unspecified atom stereocenters. The van der Waals surface area contributed by atoms with Gasteiger partial charge in [0.15, 0.2) is 0 Å². The summed E-state index contributed by atoms with van der Waals surface area (Å²) in [5, 5.41) is 12.9. The zero-order valence-electron chi connectivity index (χ0n) is 6.27. The normalized spacial score (nSPS) is 19.5. The maximum atomic E-state index is 9.01. The van der Waals surface area contributed by atoms with Gasteiger partial charge in [0, 0.05) is 31.2 Å². The molecule has 0 bridgehead atoms. The van der Waals surface area contributed by atoms with Crippen LogP contribution < -0.4 is 0 Å². The van der Waals surface area contributed by atoms with Crippen LogP contribution in [0.3, 0.4) is 0 Å². The Morgan fingerprint density at radius 1 is 1.67 bits per heavy atom. The molecule has 0 atom stereocenters. The number of rotatable bonds is 2. The third-order valence-corrected chi connectivity index (χ3v) is 2.81. The minimum atomic E-state index is -0.171. The first-order chi connectivity index (χ1) is 5.75. The van der Waals surface area contributed by atoms with E-state index >= 15 is 0 Å². The molecule has 1 aliphatic heterocycles. The van der Waals surface area contributed by atoms with Crippen LogP contribution in [-0.4, -0.2) is 38.8 Å². The van der Waals surface area contributed by atoms with Gasteiger partial charge in [-0.1, -0.05) is 16.1 Å². The van der Waals surface area contributed by atoms with Gasteiger partial charge in [0.2, 0.25) is 0 Å². The molecule has 0 amide bonds. The van der Waals surface area contributed by atoms with Gasteiger partial charge in [-0.15, -0.1) is 5.10 Å². The lowest BCUT2D eigenvalue weighted by molar-refractivity contribution is -0.00352. The molecule has 0 spiro atoms. The van der Waals surface area contributed by atoms with Gasteiger partial charge in [-0.2, -0.15) is 0 Å². The summed E-state index contributed by atoms with van der Waals surface area (Å²) >= 11 is 7.00. The lowest BCUT2D eigenvalue weighted by Gasteiger charge is -2.35. The molecule has 12 heavy (non-hydrogen) atoms. The number of β-amino-alcohol motifs (C(OH)–C–C–N with tert-alkyl or cyclic N) is 1. The fourth-order valence-corrected chi connectivity index (χ4v) is 1.79. The van der Waals surface area contributed by atoms with Crippen LogP contribution in [0.15, 0.2) is 0 Å². The standard InChI is InChI=1S/C6H8ClN3OS/c7-6-5(8-9-12-6)3-10-1-4(11)2-10/h4,11H,1-3H2. The lowest BCUT2D eigenvalue weighted by Crippen LogP contribution is -2.49. The summed E-state index contributed by atoms with van der Waals surface area (Å²) in [6, 6.07) is 0. The van der Waals surface area contributed by atoms with Crippen molar-refractivity contribution in [1.29, 1.82) is 0 Å². The van der Waals surface area contributed by atoms with Crippen molar-refractivity contribution in [3.8, 4) is 0 Å². The number of likely N-dealkylation sites (tertiary alicyclic amines) is 1. The van der Waals surface area contributed by atoms with Crippen molar-refractivity contribution in [1.82, 2.24) is 14.5 Å². The lowest BCUT2D eigenvalue weighted by atomic mass is 10.2. The molecule has 1 saturated heterocycles. The van der Waals surface area contributed by atoms with Crippen molar-refractivity contribution in [2.45, 2.75) is 12.6 Å². The topological polar surface area (TPSA) is 49.2 Å².